The second-order valence-electron chi connectivity index (χ2n) is 14.4. The summed E-state index contributed by atoms with van der Waals surface area (Å²) in [6.45, 7) is 4.96. The third-order valence-corrected chi connectivity index (χ3v) is 14.5. The van der Waals surface area contributed by atoms with Gasteiger partial charge in [-0.1, -0.05) is 177 Å². The fourth-order valence-corrected chi connectivity index (χ4v) is 11.9. The molecule has 9 aromatic rings. The van der Waals surface area contributed by atoms with Gasteiger partial charge in [-0.2, -0.15) is 0 Å². The van der Waals surface area contributed by atoms with Crippen molar-refractivity contribution in [2.24, 2.45) is 0 Å². The second kappa shape index (κ2) is 12.3. The fraction of sp³-hybridized carbons (Fsp3) is 0.0408. The zero-order valence-corrected chi connectivity index (χ0v) is 30.6. The molecular formula is C49H35N3Si. The van der Waals surface area contributed by atoms with Gasteiger partial charge >= 0.3 is 0 Å². The molecule has 4 heteroatoms. The van der Waals surface area contributed by atoms with Crippen LogP contribution in [0.2, 0.25) is 13.1 Å². The van der Waals surface area contributed by atoms with E-state index in [1.165, 1.54) is 48.8 Å². The maximum absolute atomic E-state index is 5.39. The van der Waals surface area contributed by atoms with Crippen molar-refractivity contribution in [3.63, 3.8) is 0 Å². The monoisotopic (exact) mass is 693 g/mol. The molecule has 0 saturated heterocycles. The summed E-state index contributed by atoms with van der Waals surface area (Å²) < 4.78 is 0. The smallest absolute Gasteiger partial charge is 0.164 e. The molecule has 3 nitrogen and oxygen atoms in total. The molecule has 250 valence electrons. The summed E-state index contributed by atoms with van der Waals surface area (Å²) in [4.78, 5) is 16.0. The van der Waals surface area contributed by atoms with Gasteiger partial charge in [-0.15, -0.1) is 0 Å². The van der Waals surface area contributed by atoms with E-state index < -0.39 is 8.07 Å². The number of aromatic nitrogens is 3. The first-order valence-corrected chi connectivity index (χ1v) is 21.2. The highest BCUT2D eigenvalue weighted by molar-refractivity contribution is 7.05. The van der Waals surface area contributed by atoms with E-state index in [1.54, 1.807) is 0 Å². The number of fused-ring (bicyclic) bond motifs is 6. The van der Waals surface area contributed by atoms with Crippen LogP contribution in [0, 0.1) is 0 Å². The molecule has 0 N–H and O–H groups in total. The fourth-order valence-electron chi connectivity index (χ4n) is 8.42. The highest BCUT2D eigenvalue weighted by atomic mass is 28.3. The molecule has 53 heavy (non-hydrogen) atoms. The normalized spacial score (nSPS) is 12.9. The van der Waals surface area contributed by atoms with Crippen LogP contribution < -0.4 is 10.4 Å². The molecule has 2 heterocycles. The van der Waals surface area contributed by atoms with Gasteiger partial charge in [-0.25, -0.2) is 15.0 Å². The number of nitrogens with zero attached hydrogens (tertiary/aromatic N) is 3. The molecule has 0 saturated carbocycles. The number of hydrogen-bond acceptors (Lipinski definition) is 3. The SMILES string of the molecule is C[Si]1(C)c2cccc(-c3nc(-c4cccc(-c5ccccc5)c4)nc(-c4ccc(-c5ccccc5)c5ccccc45)n3)c2-c2ccc3ccccc3c21. The van der Waals surface area contributed by atoms with E-state index in [-0.39, 0.29) is 0 Å². The van der Waals surface area contributed by atoms with Gasteiger partial charge in [-0.3, -0.25) is 0 Å². The van der Waals surface area contributed by atoms with E-state index in [4.69, 9.17) is 15.0 Å². The predicted molar refractivity (Wildman–Crippen MR) is 224 cm³/mol. The molecular weight excluding hydrogens is 659 g/mol. The molecule has 1 aliphatic rings. The van der Waals surface area contributed by atoms with Crippen LogP contribution in [0.25, 0.3) is 89.1 Å². The number of hydrogen-bond donors (Lipinski definition) is 0. The van der Waals surface area contributed by atoms with Crippen LogP contribution in [0.5, 0.6) is 0 Å². The van der Waals surface area contributed by atoms with Crippen molar-refractivity contribution < 1.29 is 0 Å². The molecule has 0 atom stereocenters. The average molecular weight is 694 g/mol. The standard InChI is InChI=1S/C49H35N3Si/c1-53(2)44-26-14-25-43(45(44)42-28-27-34-19-9-10-22-38(34)46(42)53)49-51-47(36-21-13-20-35(31-36)32-15-5-3-6-16-32)50-48(52-49)41-30-29-37(33-17-7-4-8-18-33)39-23-11-12-24-40(39)41/h3-31H,1-2H3. The van der Waals surface area contributed by atoms with E-state index in [0.29, 0.717) is 17.5 Å². The summed E-state index contributed by atoms with van der Waals surface area (Å²) in [6.07, 6.45) is 0. The Bertz CT molecular complexity index is 2860. The van der Waals surface area contributed by atoms with Gasteiger partial charge in [0.2, 0.25) is 0 Å². The van der Waals surface area contributed by atoms with Gasteiger partial charge < -0.3 is 0 Å². The van der Waals surface area contributed by atoms with E-state index in [9.17, 15) is 0 Å². The van der Waals surface area contributed by atoms with Crippen LogP contribution in [-0.4, -0.2) is 23.0 Å². The summed E-state index contributed by atoms with van der Waals surface area (Å²) in [5.41, 5.74) is 10.2. The van der Waals surface area contributed by atoms with Crippen molar-refractivity contribution in [1.82, 2.24) is 15.0 Å². The van der Waals surface area contributed by atoms with E-state index in [0.717, 1.165) is 33.2 Å². The van der Waals surface area contributed by atoms with Gasteiger partial charge in [0.1, 0.15) is 8.07 Å². The molecule has 0 amide bonds. The Labute approximate surface area is 310 Å². The molecule has 1 aliphatic heterocycles. The minimum absolute atomic E-state index is 0.657. The molecule has 8 aromatic carbocycles. The zero-order chi connectivity index (χ0) is 35.5. The van der Waals surface area contributed by atoms with Crippen LogP contribution >= 0.6 is 0 Å². The van der Waals surface area contributed by atoms with Crippen molar-refractivity contribution >= 4 is 40.0 Å². The van der Waals surface area contributed by atoms with Gasteiger partial charge in [0.15, 0.2) is 17.5 Å². The summed E-state index contributed by atoms with van der Waals surface area (Å²) in [5, 5.41) is 7.83. The first-order valence-electron chi connectivity index (χ1n) is 18.2. The summed E-state index contributed by atoms with van der Waals surface area (Å²) in [6, 6.07) is 62.8. The van der Waals surface area contributed by atoms with Gasteiger partial charge in [0, 0.05) is 16.7 Å². The topological polar surface area (TPSA) is 38.7 Å². The quantitative estimate of drug-likeness (QED) is 0.168. The Morgan fingerprint density at radius 3 is 1.68 bits per heavy atom. The lowest BCUT2D eigenvalue weighted by Gasteiger charge is -2.20. The summed E-state index contributed by atoms with van der Waals surface area (Å²) >= 11 is 0. The zero-order valence-electron chi connectivity index (χ0n) is 29.6. The minimum atomic E-state index is -2.06. The third-order valence-electron chi connectivity index (χ3n) is 10.9. The Kier molecular flexibility index (Phi) is 7.27. The predicted octanol–water partition coefficient (Wildman–Crippen LogP) is 11.3. The first-order chi connectivity index (χ1) is 26.0. The van der Waals surface area contributed by atoms with Gasteiger partial charge in [0.05, 0.1) is 0 Å². The largest absolute Gasteiger partial charge is 0.208 e. The highest BCUT2D eigenvalue weighted by Gasteiger charge is 2.40. The Hall–Kier alpha value is -6.49. The van der Waals surface area contributed by atoms with Crippen molar-refractivity contribution in [2.75, 3.05) is 0 Å². The third kappa shape index (κ3) is 5.14. The maximum Gasteiger partial charge on any atom is 0.164 e. The second-order valence-corrected chi connectivity index (χ2v) is 18.7. The lowest BCUT2D eigenvalue weighted by molar-refractivity contribution is 1.08. The number of benzene rings is 8. The van der Waals surface area contributed by atoms with Crippen LogP contribution in [0.3, 0.4) is 0 Å². The Morgan fingerprint density at radius 2 is 0.906 bits per heavy atom. The lowest BCUT2D eigenvalue weighted by Crippen LogP contribution is -2.49. The van der Waals surface area contributed by atoms with Crippen molar-refractivity contribution in [3.8, 4) is 67.5 Å². The molecule has 1 aromatic heterocycles. The Balaban J connectivity index is 1.23. The molecule has 0 radical (unpaired) electrons. The van der Waals surface area contributed by atoms with Crippen molar-refractivity contribution in [2.45, 2.75) is 13.1 Å². The molecule has 0 aliphatic carbocycles. The summed E-state index contributed by atoms with van der Waals surface area (Å²) in [7, 11) is -2.06. The number of rotatable bonds is 5. The summed E-state index contributed by atoms with van der Waals surface area (Å²) in [5.74, 6) is 2.01. The van der Waals surface area contributed by atoms with Crippen LogP contribution in [-0.2, 0) is 0 Å². The lowest BCUT2D eigenvalue weighted by atomic mass is 9.94. The van der Waals surface area contributed by atoms with E-state index in [2.05, 4.69) is 189 Å². The van der Waals surface area contributed by atoms with E-state index in [1.807, 2.05) is 0 Å². The minimum Gasteiger partial charge on any atom is -0.208 e. The van der Waals surface area contributed by atoms with Crippen molar-refractivity contribution in [3.05, 3.63) is 176 Å². The average Bonchev–Trinajstić information content (AvgIpc) is 3.47. The maximum atomic E-state index is 5.39. The molecule has 0 fully saturated rings. The van der Waals surface area contributed by atoms with Gasteiger partial charge in [-0.05, 0) is 77.4 Å². The Morgan fingerprint density at radius 1 is 0.358 bits per heavy atom. The van der Waals surface area contributed by atoms with E-state index >= 15 is 0 Å². The molecule has 0 spiro atoms. The molecule has 10 rings (SSSR count). The highest BCUT2D eigenvalue weighted by Crippen LogP contribution is 2.40. The molecule has 0 bridgehead atoms. The van der Waals surface area contributed by atoms with Crippen LogP contribution in [0.4, 0.5) is 0 Å². The van der Waals surface area contributed by atoms with Crippen molar-refractivity contribution in [1.29, 1.82) is 0 Å². The first kappa shape index (κ1) is 31.3. The van der Waals surface area contributed by atoms with Crippen LogP contribution in [0.15, 0.2) is 176 Å². The van der Waals surface area contributed by atoms with Crippen LogP contribution in [0.1, 0.15) is 0 Å². The molecule has 0 unspecified atom stereocenters. The van der Waals surface area contributed by atoms with Gasteiger partial charge in [0.25, 0.3) is 0 Å².